The van der Waals surface area contributed by atoms with Crippen LogP contribution in [0.1, 0.15) is 33.3 Å². The minimum atomic E-state index is -0.372. The quantitative estimate of drug-likeness (QED) is 0.759. The predicted molar refractivity (Wildman–Crippen MR) is 75.3 cm³/mol. The average Bonchev–Trinajstić information content (AvgIpc) is 2.33. The van der Waals surface area contributed by atoms with Crippen LogP contribution in [0.4, 0.5) is 5.82 Å². The van der Waals surface area contributed by atoms with Gasteiger partial charge in [-0.1, -0.05) is 25.7 Å². The molecule has 0 spiro atoms. The molecule has 0 atom stereocenters. The topological polar surface area (TPSA) is 72.9 Å². The third-order valence-corrected chi connectivity index (χ3v) is 1.94. The molecule has 0 aromatic carbocycles. The maximum absolute atomic E-state index is 11.1. The van der Waals surface area contributed by atoms with E-state index in [2.05, 4.69) is 22.1 Å². The molecule has 1 heterocycles. The molecule has 0 amide bonds. The highest BCUT2D eigenvalue weighted by molar-refractivity contribution is 5.48. The number of nitrogens with two attached hydrogens (primary N) is 1. The second-order valence-corrected chi connectivity index (χ2v) is 3.77. The number of anilines is 1. The molecular weight excluding hydrogens is 228 g/mol. The van der Waals surface area contributed by atoms with Gasteiger partial charge in [0.05, 0.1) is 12.1 Å². The molecule has 0 radical (unpaired) electrons. The summed E-state index contributed by atoms with van der Waals surface area (Å²) in [6, 6.07) is 0.393. The van der Waals surface area contributed by atoms with E-state index in [1.807, 2.05) is 27.7 Å². The van der Waals surface area contributed by atoms with Gasteiger partial charge in [-0.05, 0) is 13.8 Å². The molecule has 1 aromatic heterocycles. The minimum Gasteiger partial charge on any atom is -0.382 e. The maximum atomic E-state index is 11.1. The molecule has 0 aliphatic heterocycles. The fourth-order valence-corrected chi connectivity index (χ4v) is 1.05. The van der Waals surface area contributed by atoms with Crippen molar-refractivity contribution in [2.75, 3.05) is 12.3 Å². The molecule has 0 saturated carbocycles. The summed E-state index contributed by atoms with van der Waals surface area (Å²) in [4.78, 5) is 14.8. The molecule has 3 N–H and O–H groups in total. The first kappa shape index (κ1) is 16.2. The van der Waals surface area contributed by atoms with E-state index >= 15 is 0 Å². The van der Waals surface area contributed by atoms with Gasteiger partial charge >= 0.3 is 5.69 Å². The fraction of sp³-hybridized carbons (Fsp3) is 0.538. The molecule has 100 valence electrons. The van der Waals surface area contributed by atoms with E-state index < -0.39 is 0 Å². The van der Waals surface area contributed by atoms with Gasteiger partial charge in [-0.2, -0.15) is 4.98 Å². The van der Waals surface area contributed by atoms with Crippen LogP contribution in [0.2, 0.25) is 0 Å². The Labute approximate surface area is 108 Å². The number of hydrogen-bond acceptors (Lipinski definition) is 4. The Bertz CT molecular complexity index is 480. The normalized spacial score (nSPS) is 9.22. The molecule has 0 saturated heterocycles. The van der Waals surface area contributed by atoms with Crippen molar-refractivity contribution < 1.29 is 0 Å². The first-order chi connectivity index (χ1) is 8.50. The third-order valence-electron chi connectivity index (χ3n) is 1.94. The van der Waals surface area contributed by atoms with Crippen molar-refractivity contribution in [3.05, 3.63) is 22.2 Å². The Morgan fingerprint density at radius 2 is 2.11 bits per heavy atom. The molecule has 18 heavy (non-hydrogen) atoms. The van der Waals surface area contributed by atoms with Crippen molar-refractivity contribution in [2.45, 2.75) is 33.7 Å². The largest absolute Gasteiger partial charge is 0.382 e. The Balaban J connectivity index is 0.00000137. The van der Waals surface area contributed by atoms with Crippen molar-refractivity contribution in [2.24, 2.45) is 7.05 Å². The zero-order valence-corrected chi connectivity index (χ0v) is 11.7. The number of rotatable bonds is 2. The highest BCUT2D eigenvalue weighted by atomic mass is 16.1. The van der Waals surface area contributed by atoms with E-state index in [1.165, 1.54) is 4.57 Å². The second kappa shape index (κ2) is 8.31. The van der Waals surface area contributed by atoms with Crippen LogP contribution < -0.4 is 16.7 Å². The lowest BCUT2D eigenvalue weighted by Gasteiger charge is -2.02. The molecule has 5 nitrogen and oxygen atoms in total. The average molecular weight is 250 g/mol. The number of nitrogens with one attached hydrogen (secondary N) is 1. The van der Waals surface area contributed by atoms with Gasteiger partial charge in [0.1, 0.15) is 5.82 Å². The maximum Gasteiger partial charge on any atom is 0.349 e. The monoisotopic (exact) mass is 250 g/mol. The molecular formula is C13H22N4O. The highest BCUT2D eigenvalue weighted by Crippen LogP contribution is 2.00. The standard InChI is InChI=1S/C11H16N4O.C2H6/c1-8(2)13-6-4-5-9-7-15(3)11(16)14-10(9)12;1-2/h7-8,13H,6H2,1-3H3,(H2,12,14,16);1-2H3. The van der Waals surface area contributed by atoms with Crippen LogP contribution in [0.3, 0.4) is 0 Å². The van der Waals surface area contributed by atoms with Crippen molar-refractivity contribution in [3.8, 4) is 11.8 Å². The summed E-state index contributed by atoms with van der Waals surface area (Å²) in [5.41, 5.74) is 5.79. The smallest absolute Gasteiger partial charge is 0.349 e. The lowest BCUT2D eigenvalue weighted by molar-refractivity contribution is 0.638. The van der Waals surface area contributed by atoms with Crippen LogP contribution in [-0.2, 0) is 7.05 Å². The molecule has 0 fully saturated rings. The predicted octanol–water partition coefficient (Wildman–Crippen LogP) is 0.738. The molecule has 0 aliphatic rings. The Hall–Kier alpha value is -1.80. The van der Waals surface area contributed by atoms with Gasteiger partial charge in [0.15, 0.2) is 0 Å². The Morgan fingerprint density at radius 1 is 1.50 bits per heavy atom. The summed E-state index contributed by atoms with van der Waals surface area (Å²) in [6.07, 6.45) is 1.59. The zero-order valence-electron chi connectivity index (χ0n) is 11.7. The minimum absolute atomic E-state index is 0.181. The number of aromatic nitrogens is 2. The van der Waals surface area contributed by atoms with E-state index in [0.717, 1.165) is 0 Å². The summed E-state index contributed by atoms with van der Waals surface area (Å²) in [5, 5.41) is 3.16. The van der Waals surface area contributed by atoms with Crippen molar-refractivity contribution in [1.29, 1.82) is 0 Å². The van der Waals surface area contributed by atoms with Crippen LogP contribution in [0, 0.1) is 11.8 Å². The lowest BCUT2D eigenvalue weighted by atomic mass is 10.3. The molecule has 1 aromatic rings. The third kappa shape index (κ3) is 5.51. The first-order valence-electron chi connectivity index (χ1n) is 6.06. The van der Waals surface area contributed by atoms with Gasteiger partial charge < -0.3 is 15.6 Å². The summed E-state index contributed by atoms with van der Waals surface area (Å²) in [5.74, 6) is 5.98. The van der Waals surface area contributed by atoms with Crippen LogP contribution in [0.15, 0.2) is 11.0 Å². The van der Waals surface area contributed by atoms with Crippen molar-refractivity contribution in [1.82, 2.24) is 14.9 Å². The lowest BCUT2D eigenvalue weighted by Crippen LogP contribution is -2.23. The second-order valence-electron chi connectivity index (χ2n) is 3.77. The van der Waals surface area contributed by atoms with Crippen LogP contribution in [0.25, 0.3) is 0 Å². The summed E-state index contributed by atoms with van der Waals surface area (Å²) in [7, 11) is 1.62. The molecule has 0 unspecified atom stereocenters. The number of nitrogens with zero attached hydrogens (tertiary/aromatic N) is 2. The summed E-state index contributed by atoms with van der Waals surface area (Å²) >= 11 is 0. The van der Waals surface area contributed by atoms with Crippen LogP contribution in [-0.4, -0.2) is 22.1 Å². The Morgan fingerprint density at radius 3 is 2.67 bits per heavy atom. The zero-order chi connectivity index (χ0) is 14.1. The summed E-state index contributed by atoms with van der Waals surface area (Å²) in [6.45, 7) is 8.67. The summed E-state index contributed by atoms with van der Waals surface area (Å²) < 4.78 is 1.36. The van der Waals surface area contributed by atoms with Crippen molar-refractivity contribution >= 4 is 5.82 Å². The fourth-order valence-electron chi connectivity index (χ4n) is 1.05. The van der Waals surface area contributed by atoms with Gasteiger partial charge in [0.25, 0.3) is 0 Å². The van der Waals surface area contributed by atoms with E-state index in [-0.39, 0.29) is 11.5 Å². The van der Waals surface area contributed by atoms with E-state index in [0.29, 0.717) is 18.2 Å². The van der Waals surface area contributed by atoms with Gasteiger partial charge in [-0.25, -0.2) is 4.79 Å². The number of nitrogen functional groups attached to an aromatic ring is 1. The van der Waals surface area contributed by atoms with Crippen LogP contribution in [0.5, 0.6) is 0 Å². The van der Waals surface area contributed by atoms with Gasteiger partial charge in [-0.3, -0.25) is 0 Å². The van der Waals surface area contributed by atoms with Crippen LogP contribution >= 0.6 is 0 Å². The molecule has 5 heteroatoms. The van der Waals surface area contributed by atoms with Gasteiger partial charge in [-0.15, -0.1) is 0 Å². The van der Waals surface area contributed by atoms with Gasteiger partial charge in [0.2, 0.25) is 0 Å². The Kier molecular flexibility index (Phi) is 7.48. The van der Waals surface area contributed by atoms with Gasteiger partial charge in [0, 0.05) is 19.3 Å². The molecule has 0 aliphatic carbocycles. The number of aryl methyl sites for hydroxylation is 1. The highest BCUT2D eigenvalue weighted by Gasteiger charge is 1.99. The first-order valence-corrected chi connectivity index (χ1v) is 6.06. The van der Waals surface area contributed by atoms with E-state index in [9.17, 15) is 4.79 Å². The SMILES string of the molecule is CC.CC(C)NCC#Cc1cn(C)c(=O)nc1N. The number of hydrogen-bond donors (Lipinski definition) is 2. The van der Waals surface area contributed by atoms with E-state index in [1.54, 1.807) is 13.2 Å². The molecule has 0 bridgehead atoms. The van der Waals surface area contributed by atoms with Crippen molar-refractivity contribution in [3.63, 3.8) is 0 Å². The molecule has 1 rings (SSSR count). The van der Waals surface area contributed by atoms with E-state index in [4.69, 9.17) is 5.73 Å².